The molecule has 7 nitrogen and oxygen atoms in total. The number of nitrogens with one attached hydrogen (secondary N) is 1. The summed E-state index contributed by atoms with van der Waals surface area (Å²) in [5.41, 5.74) is 5.83. The quantitative estimate of drug-likeness (QED) is 0.835. The Hall–Kier alpha value is -1.48. The minimum absolute atomic E-state index is 0.168. The first kappa shape index (κ1) is 18.3. The van der Waals surface area contributed by atoms with Gasteiger partial charge in [-0.15, -0.1) is 0 Å². The third kappa shape index (κ3) is 4.03. The van der Waals surface area contributed by atoms with Crippen LogP contribution in [0.3, 0.4) is 0 Å². The smallest absolute Gasteiger partial charge is 0.244 e. The number of ether oxygens (including phenoxy) is 1. The zero-order valence-corrected chi connectivity index (χ0v) is 15.1. The summed E-state index contributed by atoms with van der Waals surface area (Å²) in [5, 5.41) is 2.80. The van der Waals surface area contributed by atoms with Crippen LogP contribution in [0.5, 0.6) is 0 Å². The zero-order chi connectivity index (χ0) is 17.9. The zero-order valence-electron chi connectivity index (χ0n) is 14.2. The van der Waals surface area contributed by atoms with E-state index in [1.54, 1.807) is 18.2 Å². The van der Waals surface area contributed by atoms with E-state index in [1.165, 1.54) is 10.4 Å². The average molecular weight is 367 g/mol. The molecule has 25 heavy (non-hydrogen) atoms. The average Bonchev–Trinajstić information content (AvgIpc) is 2.63. The molecule has 0 bridgehead atoms. The fraction of sp³-hybridized carbons (Fsp3) is 0.588. The molecule has 0 radical (unpaired) electrons. The number of hydrogen-bond acceptors (Lipinski definition) is 5. The summed E-state index contributed by atoms with van der Waals surface area (Å²) in [6, 6.07) is 6.35. The molecule has 1 aromatic rings. The van der Waals surface area contributed by atoms with Crippen LogP contribution in [-0.4, -0.2) is 50.5 Å². The van der Waals surface area contributed by atoms with Crippen molar-refractivity contribution in [3.63, 3.8) is 0 Å². The molecule has 3 N–H and O–H groups in total. The highest BCUT2D eigenvalue weighted by molar-refractivity contribution is 7.89. The fourth-order valence-electron chi connectivity index (χ4n) is 3.34. The van der Waals surface area contributed by atoms with Gasteiger partial charge in [-0.25, -0.2) is 8.42 Å². The molecule has 0 unspecified atom stereocenters. The van der Waals surface area contributed by atoms with Crippen LogP contribution in [0, 0.1) is 0 Å². The molecule has 8 heteroatoms. The van der Waals surface area contributed by atoms with Crippen molar-refractivity contribution < 1.29 is 17.9 Å². The van der Waals surface area contributed by atoms with E-state index in [0.29, 0.717) is 44.8 Å². The number of amides is 1. The van der Waals surface area contributed by atoms with Gasteiger partial charge in [0.05, 0.1) is 23.6 Å². The van der Waals surface area contributed by atoms with E-state index in [0.717, 1.165) is 19.3 Å². The lowest BCUT2D eigenvalue weighted by Gasteiger charge is -2.31. The largest absolute Gasteiger partial charge is 0.379 e. The van der Waals surface area contributed by atoms with Gasteiger partial charge >= 0.3 is 0 Å². The van der Waals surface area contributed by atoms with E-state index >= 15 is 0 Å². The normalized spacial score (nSPS) is 21.6. The molecular formula is C17H25N3O4S. The third-order valence-corrected chi connectivity index (χ3v) is 6.79. The van der Waals surface area contributed by atoms with Crippen molar-refractivity contribution in [3.05, 3.63) is 24.3 Å². The molecule has 0 aromatic heterocycles. The maximum absolute atomic E-state index is 12.7. The van der Waals surface area contributed by atoms with E-state index in [9.17, 15) is 13.2 Å². The van der Waals surface area contributed by atoms with Gasteiger partial charge in [-0.2, -0.15) is 4.31 Å². The number of morpholine rings is 1. The number of sulfonamides is 1. The molecule has 138 valence electrons. The number of nitrogens with two attached hydrogens (primary N) is 1. The predicted octanol–water partition coefficient (Wildman–Crippen LogP) is 1.31. The molecule has 1 aliphatic carbocycles. The van der Waals surface area contributed by atoms with E-state index < -0.39 is 15.6 Å². The molecule has 3 rings (SSSR count). The van der Waals surface area contributed by atoms with Gasteiger partial charge in [-0.1, -0.05) is 25.3 Å². The standard InChI is InChI=1S/C17H25N3O4S/c18-17(7-2-1-3-8-17)16(21)19-14-5-4-6-15(13-14)25(22,23)20-9-11-24-12-10-20/h4-6,13H,1-3,7-12,18H2,(H,19,21). The topological polar surface area (TPSA) is 102 Å². The molecule has 0 spiro atoms. The van der Waals surface area contributed by atoms with Gasteiger partial charge in [-0.05, 0) is 31.0 Å². The summed E-state index contributed by atoms with van der Waals surface area (Å²) in [6.07, 6.45) is 4.29. The van der Waals surface area contributed by atoms with Crippen molar-refractivity contribution in [1.82, 2.24) is 4.31 Å². The van der Waals surface area contributed by atoms with Gasteiger partial charge in [-0.3, -0.25) is 4.79 Å². The van der Waals surface area contributed by atoms with E-state index in [1.807, 2.05) is 0 Å². The van der Waals surface area contributed by atoms with Gasteiger partial charge < -0.3 is 15.8 Å². The van der Waals surface area contributed by atoms with Gasteiger partial charge in [0.25, 0.3) is 0 Å². The number of hydrogen-bond donors (Lipinski definition) is 2. The van der Waals surface area contributed by atoms with Crippen LogP contribution >= 0.6 is 0 Å². The number of carbonyl (C=O) groups is 1. The Morgan fingerprint density at radius 3 is 2.52 bits per heavy atom. The number of benzene rings is 1. The molecule has 1 aromatic carbocycles. The molecule has 1 heterocycles. The van der Waals surface area contributed by atoms with E-state index in [4.69, 9.17) is 10.5 Å². The van der Waals surface area contributed by atoms with Gasteiger partial charge in [0.2, 0.25) is 15.9 Å². The minimum Gasteiger partial charge on any atom is -0.379 e. The van der Waals surface area contributed by atoms with Crippen LogP contribution < -0.4 is 11.1 Å². The summed E-state index contributed by atoms with van der Waals surface area (Å²) < 4.78 is 32.1. The van der Waals surface area contributed by atoms with Crippen molar-refractivity contribution in [3.8, 4) is 0 Å². The molecule has 1 saturated carbocycles. The van der Waals surface area contributed by atoms with Gasteiger partial charge in [0.15, 0.2) is 0 Å². The van der Waals surface area contributed by atoms with Crippen molar-refractivity contribution in [1.29, 1.82) is 0 Å². The highest BCUT2D eigenvalue weighted by atomic mass is 32.2. The van der Waals surface area contributed by atoms with E-state index in [2.05, 4.69) is 5.32 Å². The lowest BCUT2D eigenvalue weighted by Crippen LogP contribution is -2.52. The summed E-state index contributed by atoms with van der Waals surface area (Å²) in [5.74, 6) is -0.242. The highest BCUT2D eigenvalue weighted by Gasteiger charge is 2.35. The molecule has 1 saturated heterocycles. The first-order valence-corrected chi connectivity index (χ1v) is 10.1. The molecule has 2 aliphatic rings. The van der Waals surface area contributed by atoms with Crippen LogP contribution in [0.1, 0.15) is 32.1 Å². The van der Waals surface area contributed by atoms with Crippen LogP contribution in [0.25, 0.3) is 0 Å². The summed E-state index contributed by atoms with van der Waals surface area (Å²) in [4.78, 5) is 12.7. The lowest BCUT2D eigenvalue weighted by atomic mass is 9.82. The Balaban J connectivity index is 1.76. The van der Waals surface area contributed by atoms with Crippen molar-refractivity contribution >= 4 is 21.6 Å². The van der Waals surface area contributed by atoms with Crippen LogP contribution in [0.4, 0.5) is 5.69 Å². The maximum Gasteiger partial charge on any atom is 0.244 e. The minimum atomic E-state index is -3.59. The van der Waals surface area contributed by atoms with Crippen molar-refractivity contribution in [2.24, 2.45) is 5.73 Å². The fourth-order valence-corrected chi connectivity index (χ4v) is 4.79. The lowest BCUT2D eigenvalue weighted by molar-refractivity contribution is -0.122. The Bertz CT molecular complexity index is 723. The molecular weight excluding hydrogens is 342 g/mol. The first-order chi connectivity index (χ1) is 11.9. The van der Waals surface area contributed by atoms with E-state index in [-0.39, 0.29) is 10.8 Å². The van der Waals surface area contributed by atoms with Gasteiger partial charge in [0.1, 0.15) is 0 Å². The Labute approximate surface area is 148 Å². The van der Waals surface area contributed by atoms with Crippen LogP contribution in [-0.2, 0) is 19.6 Å². The Morgan fingerprint density at radius 2 is 1.84 bits per heavy atom. The molecule has 0 atom stereocenters. The number of anilines is 1. The SMILES string of the molecule is NC1(C(=O)Nc2cccc(S(=O)(=O)N3CCOCC3)c2)CCCCC1. The van der Waals surface area contributed by atoms with Gasteiger partial charge in [0, 0.05) is 18.8 Å². The summed E-state index contributed by atoms with van der Waals surface area (Å²) in [7, 11) is -3.59. The number of rotatable bonds is 4. The van der Waals surface area contributed by atoms with Crippen LogP contribution in [0.2, 0.25) is 0 Å². The van der Waals surface area contributed by atoms with Crippen molar-refractivity contribution in [2.45, 2.75) is 42.5 Å². The predicted molar refractivity (Wildman–Crippen MR) is 94.7 cm³/mol. The number of carbonyl (C=O) groups excluding carboxylic acids is 1. The van der Waals surface area contributed by atoms with Crippen LogP contribution in [0.15, 0.2) is 29.2 Å². The monoisotopic (exact) mass is 367 g/mol. The molecule has 1 amide bonds. The summed E-state index contributed by atoms with van der Waals surface area (Å²) in [6.45, 7) is 1.46. The molecule has 1 aliphatic heterocycles. The second kappa shape index (κ2) is 7.41. The first-order valence-electron chi connectivity index (χ1n) is 8.70. The second-order valence-electron chi connectivity index (χ2n) is 6.72. The number of nitrogens with zero attached hydrogens (tertiary/aromatic N) is 1. The highest BCUT2D eigenvalue weighted by Crippen LogP contribution is 2.28. The second-order valence-corrected chi connectivity index (χ2v) is 8.65. The van der Waals surface area contributed by atoms with Crippen molar-refractivity contribution in [2.75, 3.05) is 31.6 Å². The Morgan fingerprint density at radius 1 is 1.16 bits per heavy atom. The summed E-state index contributed by atoms with van der Waals surface area (Å²) >= 11 is 0. The molecule has 2 fully saturated rings. The third-order valence-electron chi connectivity index (χ3n) is 4.90. The maximum atomic E-state index is 12.7. The Kier molecular flexibility index (Phi) is 5.43.